The van der Waals surface area contributed by atoms with Gasteiger partial charge in [-0.3, -0.25) is 14.9 Å². The molecule has 7 heteroatoms. The molecule has 2 atom stereocenters. The average molecular weight is 386 g/mol. The zero-order valence-electron chi connectivity index (χ0n) is 16.6. The zero-order chi connectivity index (χ0) is 19.6. The summed E-state index contributed by atoms with van der Waals surface area (Å²) < 4.78 is 5.70. The van der Waals surface area contributed by atoms with E-state index in [1.54, 1.807) is 18.7 Å². The number of aliphatic hydroxyl groups excluding tert-OH is 1. The van der Waals surface area contributed by atoms with Gasteiger partial charge in [0.2, 0.25) is 0 Å². The number of guanidine groups is 1. The first kappa shape index (κ1) is 20.4. The van der Waals surface area contributed by atoms with Gasteiger partial charge in [-0.25, -0.2) is 0 Å². The topological polar surface area (TPSA) is 85.9 Å². The minimum atomic E-state index is -0.616. The van der Waals surface area contributed by atoms with Crippen LogP contribution in [0.3, 0.4) is 0 Å². The molecule has 3 heterocycles. The summed E-state index contributed by atoms with van der Waals surface area (Å²) in [5.41, 5.74) is 0.833. The summed E-state index contributed by atoms with van der Waals surface area (Å²) in [7, 11) is 0. The second-order valence-corrected chi connectivity index (χ2v) is 7.02. The van der Waals surface area contributed by atoms with E-state index in [9.17, 15) is 5.11 Å². The van der Waals surface area contributed by atoms with Crippen LogP contribution in [0.5, 0.6) is 0 Å². The number of nitrogens with zero attached hydrogens (tertiary/aromatic N) is 3. The largest absolute Gasteiger partial charge is 0.468 e. The molecule has 3 rings (SSSR count). The molecule has 2 unspecified atom stereocenters. The van der Waals surface area contributed by atoms with Gasteiger partial charge in [0.05, 0.1) is 25.0 Å². The van der Waals surface area contributed by atoms with E-state index in [2.05, 4.69) is 20.5 Å². The molecular formula is C21H31N5O2. The van der Waals surface area contributed by atoms with Crippen LogP contribution in [0.4, 0.5) is 0 Å². The van der Waals surface area contributed by atoms with Crippen molar-refractivity contribution in [3.8, 4) is 0 Å². The number of likely N-dealkylation sites (tertiary alicyclic amines) is 1. The van der Waals surface area contributed by atoms with Gasteiger partial charge >= 0.3 is 0 Å². The third-order valence-corrected chi connectivity index (χ3v) is 5.02. The molecule has 0 amide bonds. The highest BCUT2D eigenvalue weighted by molar-refractivity contribution is 5.79. The molecule has 1 saturated heterocycles. The summed E-state index contributed by atoms with van der Waals surface area (Å²) >= 11 is 0. The van der Waals surface area contributed by atoms with Crippen LogP contribution >= 0.6 is 0 Å². The lowest BCUT2D eigenvalue weighted by Gasteiger charge is -2.32. The van der Waals surface area contributed by atoms with Crippen LogP contribution in [-0.2, 0) is 0 Å². The fourth-order valence-corrected chi connectivity index (χ4v) is 3.51. The first-order valence-electron chi connectivity index (χ1n) is 10.2. The van der Waals surface area contributed by atoms with E-state index in [1.165, 1.54) is 19.3 Å². The molecule has 0 aromatic carbocycles. The van der Waals surface area contributed by atoms with Crippen LogP contribution in [0.15, 0.2) is 52.3 Å². The predicted molar refractivity (Wildman–Crippen MR) is 110 cm³/mol. The standard InChI is InChI=1S/C21H31N5O2/c1-2-23-21(25-16-19(27)17-8-10-22-11-9-17)24-15-18(20-7-6-14-28-20)26-12-4-3-5-13-26/h6-11,14,18-19,27H,2-5,12-13,15-16H2,1H3,(H2,23,24,25). The highest BCUT2D eigenvalue weighted by Crippen LogP contribution is 2.25. The number of nitrogens with one attached hydrogen (secondary N) is 2. The Kier molecular flexibility index (Phi) is 7.87. The van der Waals surface area contributed by atoms with E-state index < -0.39 is 6.10 Å². The third kappa shape index (κ3) is 5.81. The van der Waals surface area contributed by atoms with Gasteiger partial charge in [0.15, 0.2) is 5.96 Å². The van der Waals surface area contributed by atoms with Crippen molar-refractivity contribution in [3.05, 3.63) is 54.2 Å². The maximum absolute atomic E-state index is 10.4. The van der Waals surface area contributed by atoms with Gasteiger partial charge in [0, 0.05) is 25.5 Å². The third-order valence-electron chi connectivity index (χ3n) is 5.02. The second kappa shape index (κ2) is 10.8. The van der Waals surface area contributed by atoms with Crippen LogP contribution in [0.2, 0.25) is 0 Å². The van der Waals surface area contributed by atoms with Crippen molar-refractivity contribution in [2.75, 3.05) is 32.7 Å². The van der Waals surface area contributed by atoms with E-state index in [0.717, 1.165) is 31.0 Å². The molecule has 0 saturated carbocycles. The maximum atomic E-state index is 10.4. The van der Waals surface area contributed by atoms with E-state index in [1.807, 2.05) is 31.2 Å². The minimum absolute atomic E-state index is 0.135. The molecule has 1 fully saturated rings. The Hall–Kier alpha value is -2.38. The van der Waals surface area contributed by atoms with Crippen LogP contribution < -0.4 is 10.6 Å². The van der Waals surface area contributed by atoms with Crippen molar-refractivity contribution in [1.29, 1.82) is 0 Å². The average Bonchev–Trinajstić information content (AvgIpc) is 3.28. The molecule has 1 aliphatic heterocycles. The van der Waals surface area contributed by atoms with Gasteiger partial charge in [-0.15, -0.1) is 0 Å². The Morgan fingerprint density at radius 3 is 2.68 bits per heavy atom. The number of aliphatic imine (C=N–C) groups is 1. The smallest absolute Gasteiger partial charge is 0.191 e. The molecule has 1 aliphatic rings. The molecule has 152 valence electrons. The fraction of sp³-hybridized carbons (Fsp3) is 0.524. The van der Waals surface area contributed by atoms with Crippen molar-refractivity contribution in [1.82, 2.24) is 20.5 Å². The van der Waals surface area contributed by atoms with Crippen LogP contribution in [0.1, 0.15) is 49.7 Å². The van der Waals surface area contributed by atoms with E-state index in [4.69, 9.17) is 9.41 Å². The molecule has 0 radical (unpaired) electrons. The SMILES string of the molecule is CCNC(=NCC(c1ccco1)N1CCCCC1)NCC(O)c1ccncc1. The molecule has 28 heavy (non-hydrogen) atoms. The number of pyridine rings is 1. The zero-order valence-corrected chi connectivity index (χ0v) is 16.6. The quantitative estimate of drug-likeness (QED) is 0.478. The van der Waals surface area contributed by atoms with Crippen molar-refractivity contribution in [2.24, 2.45) is 4.99 Å². The molecule has 0 aliphatic carbocycles. The second-order valence-electron chi connectivity index (χ2n) is 7.02. The summed E-state index contributed by atoms with van der Waals surface area (Å²) in [6.45, 7) is 5.92. The molecule has 3 N–H and O–H groups in total. The van der Waals surface area contributed by atoms with Crippen molar-refractivity contribution >= 4 is 5.96 Å². The summed E-state index contributed by atoms with van der Waals surface area (Å²) in [6.07, 6.45) is 8.21. The Morgan fingerprint density at radius 2 is 2.00 bits per heavy atom. The van der Waals surface area contributed by atoms with Gasteiger partial charge < -0.3 is 20.2 Å². The molecule has 0 bridgehead atoms. The van der Waals surface area contributed by atoms with Crippen LogP contribution in [-0.4, -0.2) is 53.7 Å². The normalized spacial score (nSPS) is 17.9. The number of hydrogen-bond acceptors (Lipinski definition) is 5. The number of aromatic nitrogens is 1. The monoisotopic (exact) mass is 385 g/mol. The summed E-state index contributed by atoms with van der Waals surface area (Å²) in [5, 5.41) is 16.9. The molecule has 7 nitrogen and oxygen atoms in total. The summed E-state index contributed by atoms with van der Waals surface area (Å²) in [6, 6.07) is 7.74. The number of rotatable bonds is 8. The first-order valence-corrected chi connectivity index (χ1v) is 10.2. The highest BCUT2D eigenvalue weighted by atomic mass is 16.3. The van der Waals surface area contributed by atoms with Crippen molar-refractivity contribution in [2.45, 2.75) is 38.3 Å². The summed E-state index contributed by atoms with van der Waals surface area (Å²) in [5.74, 6) is 1.66. The van der Waals surface area contributed by atoms with Gasteiger partial charge in [-0.2, -0.15) is 0 Å². The lowest BCUT2D eigenvalue weighted by Crippen LogP contribution is -2.41. The van der Waals surface area contributed by atoms with Crippen LogP contribution in [0, 0.1) is 0 Å². The molecule has 0 spiro atoms. The van der Waals surface area contributed by atoms with Crippen molar-refractivity contribution < 1.29 is 9.52 Å². The van der Waals surface area contributed by atoms with Gasteiger partial charge in [-0.05, 0) is 62.7 Å². The van der Waals surface area contributed by atoms with Crippen LogP contribution in [0.25, 0.3) is 0 Å². The van der Waals surface area contributed by atoms with Gasteiger partial charge in [-0.1, -0.05) is 6.42 Å². The van der Waals surface area contributed by atoms with Gasteiger partial charge in [0.1, 0.15) is 5.76 Å². The fourth-order valence-electron chi connectivity index (χ4n) is 3.51. The maximum Gasteiger partial charge on any atom is 0.191 e. The van der Waals surface area contributed by atoms with E-state index in [-0.39, 0.29) is 6.04 Å². The number of furan rings is 1. The lowest BCUT2D eigenvalue weighted by molar-refractivity contribution is 0.150. The molecular weight excluding hydrogens is 354 g/mol. The first-order chi connectivity index (χ1) is 13.8. The number of hydrogen-bond donors (Lipinski definition) is 3. The van der Waals surface area contributed by atoms with Gasteiger partial charge in [0.25, 0.3) is 0 Å². The Morgan fingerprint density at radius 1 is 1.21 bits per heavy atom. The minimum Gasteiger partial charge on any atom is -0.468 e. The number of aliphatic hydroxyl groups is 1. The Labute approximate surface area is 166 Å². The molecule has 2 aromatic rings. The summed E-state index contributed by atoms with van der Waals surface area (Å²) in [4.78, 5) is 11.2. The number of piperidine rings is 1. The van der Waals surface area contributed by atoms with E-state index >= 15 is 0 Å². The van der Waals surface area contributed by atoms with Crippen molar-refractivity contribution in [3.63, 3.8) is 0 Å². The van der Waals surface area contributed by atoms with E-state index in [0.29, 0.717) is 19.0 Å². The Balaban J connectivity index is 1.63. The Bertz CT molecular complexity index is 699. The lowest BCUT2D eigenvalue weighted by atomic mass is 10.1. The molecule has 2 aromatic heterocycles. The predicted octanol–water partition coefficient (Wildman–Crippen LogP) is 2.49. The highest BCUT2D eigenvalue weighted by Gasteiger charge is 2.24.